The zero-order valence-electron chi connectivity index (χ0n) is 8.09. The van der Waals surface area contributed by atoms with Crippen molar-refractivity contribution in [2.45, 2.75) is 13.8 Å². The Hall–Kier alpha value is -1.52. The molecule has 0 saturated heterocycles. The number of anilines is 2. The summed E-state index contributed by atoms with van der Waals surface area (Å²) in [5.74, 6) is 1.69. The Kier molecular flexibility index (Phi) is 2.89. The van der Waals surface area contributed by atoms with Gasteiger partial charge in [0.2, 0.25) is 5.88 Å². The number of rotatable bonds is 3. The lowest BCUT2D eigenvalue weighted by atomic mass is 10.4. The lowest BCUT2D eigenvalue weighted by Crippen LogP contribution is -2.06. The second kappa shape index (κ2) is 3.93. The van der Waals surface area contributed by atoms with Crippen LogP contribution >= 0.6 is 0 Å². The molecule has 0 spiro atoms. The lowest BCUT2D eigenvalue weighted by Gasteiger charge is -2.09. The fourth-order valence-corrected chi connectivity index (χ4v) is 0.993. The third-order valence-electron chi connectivity index (χ3n) is 1.54. The minimum Gasteiger partial charge on any atom is -0.476 e. The van der Waals surface area contributed by atoms with E-state index < -0.39 is 0 Å². The summed E-state index contributed by atoms with van der Waals surface area (Å²) in [5, 5.41) is 2.88. The molecule has 5 nitrogen and oxygen atoms in total. The van der Waals surface area contributed by atoms with Crippen LogP contribution in [0.2, 0.25) is 0 Å². The highest BCUT2D eigenvalue weighted by atomic mass is 16.5. The van der Waals surface area contributed by atoms with Crippen molar-refractivity contribution in [2.24, 2.45) is 0 Å². The van der Waals surface area contributed by atoms with Crippen molar-refractivity contribution in [3.05, 3.63) is 5.82 Å². The van der Waals surface area contributed by atoms with Crippen LogP contribution in [0.5, 0.6) is 5.88 Å². The zero-order chi connectivity index (χ0) is 9.84. The topological polar surface area (TPSA) is 73.1 Å². The first-order valence-electron chi connectivity index (χ1n) is 4.13. The van der Waals surface area contributed by atoms with Crippen LogP contribution in [0, 0.1) is 6.92 Å². The predicted molar refractivity (Wildman–Crippen MR) is 51.9 cm³/mol. The molecule has 0 fully saturated rings. The minimum absolute atomic E-state index is 0.444. The number of nitrogens with zero attached hydrogens (tertiary/aromatic N) is 2. The van der Waals surface area contributed by atoms with Gasteiger partial charge in [-0.15, -0.1) is 0 Å². The number of nitrogens with one attached hydrogen (secondary N) is 1. The van der Waals surface area contributed by atoms with Gasteiger partial charge in [-0.25, -0.2) is 4.98 Å². The molecule has 0 aliphatic heterocycles. The molecule has 1 aromatic rings. The van der Waals surface area contributed by atoms with Crippen LogP contribution in [0.4, 0.5) is 11.5 Å². The average molecular weight is 182 g/mol. The Morgan fingerprint density at radius 2 is 2.15 bits per heavy atom. The van der Waals surface area contributed by atoms with Crippen LogP contribution in [0.25, 0.3) is 0 Å². The summed E-state index contributed by atoms with van der Waals surface area (Å²) in [4.78, 5) is 8.18. The average Bonchev–Trinajstić information content (AvgIpc) is 2.11. The largest absolute Gasteiger partial charge is 0.476 e. The van der Waals surface area contributed by atoms with Crippen molar-refractivity contribution in [3.8, 4) is 5.88 Å². The molecule has 0 radical (unpaired) electrons. The SMILES string of the molecule is CCOc1nc(C)nc(NC)c1N. The molecule has 72 valence electrons. The number of nitrogen functional groups attached to an aromatic ring is 1. The van der Waals surface area contributed by atoms with E-state index in [1.165, 1.54) is 0 Å². The summed E-state index contributed by atoms with van der Waals surface area (Å²) >= 11 is 0. The second-order valence-electron chi connectivity index (χ2n) is 2.52. The van der Waals surface area contributed by atoms with Gasteiger partial charge < -0.3 is 15.8 Å². The van der Waals surface area contributed by atoms with E-state index in [0.717, 1.165) is 0 Å². The first kappa shape index (κ1) is 9.57. The standard InChI is InChI=1S/C8H14N4O/c1-4-13-8-6(9)7(10-3)11-5(2)12-8/h4,9H2,1-3H3,(H,10,11,12). The molecule has 1 rings (SSSR count). The van der Waals surface area contributed by atoms with Gasteiger partial charge in [-0.1, -0.05) is 0 Å². The van der Waals surface area contributed by atoms with Crippen molar-refractivity contribution < 1.29 is 4.74 Å². The van der Waals surface area contributed by atoms with Crippen molar-refractivity contribution >= 4 is 11.5 Å². The summed E-state index contributed by atoms with van der Waals surface area (Å²) in [6.45, 7) is 4.22. The summed E-state index contributed by atoms with van der Waals surface area (Å²) in [6.07, 6.45) is 0. The van der Waals surface area contributed by atoms with E-state index in [0.29, 0.717) is 29.8 Å². The van der Waals surface area contributed by atoms with Crippen molar-refractivity contribution in [2.75, 3.05) is 24.7 Å². The fourth-order valence-electron chi connectivity index (χ4n) is 0.993. The highest BCUT2D eigenvalue weighted by molar-refractivity contribution is 5.66. The van der Waals surface area contributed by atoms with Crippen LogP contribution in [-0.4, -0.2) is 23.6 Å². The maximum Gasteiger partial charge on any atom is 0.242 e. The molecule has 0 aromatic carbocycles. The molecule has 0 amide bonds. The molecular formula is C8H14N4O. The van der Waals surface area contributed by atoms with Crippen LogP contribution in [0.15, 0.2) is 0 Å². The van der Waals surface area contributed by atoms with Crippen LogP contribution < -0.4 is 15.8 Å². The Balaban J connectivity index is 3.11. The number of nitrogens with two attached hydrogens (primary N) is 1. The molecule has 0 atom stereocenters. The first-order valence-corrected chi connectivity index (χ1v) is 4.13. The van der Waals surface area contributed by atoms with Crippen LogP contribution in [-0.2, 0) is 0 Å². The Bertz CT molecular complexity index is 300. The maximum absolute atomic E-state index is 5.74. The molecule has 1 heterocycles. The van der Waals surface area contributed by atoms with Crippen molar-refractivity contribution in [1.82, 2.24) is 9.97 Å². The molecule has 13 heavy (non-hydrogen) atoms. The Morgan fingerprint density at radius 1 is 1.46 bits per heavy atom. The van der Waals surface area contributed by atoms with Gasteiger partial charge in [0, 0.05) is 7.05 Å². The van der Waals surface area contributed by atoms with Gasteiger partial charge in [0.05, 0.1) is 6.61 Å². The number of ether oxygens (including phenoxy) is 1. The van der Waals surface area contributed by atoms with E-state index >= 15 is 0 Å². The van der Waals surface area contributed by atoms with E-state index in [4.69, 9.17) is 10.5 Å². The Labute approximate surface area is 77.3 Å². The molecule has 1 aromatic heterocycles. The fraction of sp³-hybridized carbons (Fsp3) is 0.500. The number of aromatic nitrogens is 2. The van der Waals surface area contributed by atoms with Gasteiger partial charge in [0.1, 0.15) is 11.5 Å². The second-order valence-corrected chi connectivity index (χ2v) is 2.52. The van der Waals surface area contributed by atoms with E-state index in [-0.39, 0.29) is 0 Å². The van der Waals surface area contributed by atoms with Gasteiger partial charge in [0.25, 0.3) is 0 Å². The number of hydrogen-bond acceptors (Lipinski definition) is 5. The summed E-state index contributed by atoms with van der Waals surface area (Å²) in [5.41, 5.74) is 6.19. The van der Waals surface area contributed by atoms with Crippen LogP contribution in [0.3, 0.4) is 0 Å². The number of hydrogen-bond donors (Lipinski definition) is 2. The highest BCUT2D eigenvalue weighted by Gasteiger charge is 2.08. The van der Waals surface area contributed by atoms with Crippen molar-refractivity contribution in [1.29, 1.82) is 0 Å². The van der Waals surface area contributed by atoms with E-state index in [2.05, 4.69) is 15.3 Å². The molecule has 0 aliphatic rings. The third kappa shape index (κ3) is 1.99. The smallest absolute Gasteiger partial charge is 0.242 e. The normalized spacial score (nSPS) is 9.77. The first-order chi connectivity index (χ1) is 6.19. The monoisotopic (exact) mass is 182 g/mol. The molecule has 0 aliphatic carbocycles. The van der Waals surface area contributed by atoms with Gasteiger partial charge >= 0.3 is 0 Å². The van der Waals surface area contributed by atoms with Crippen LogP contribution in [0.1, 0.15) is 12.7 Å². The number of aryl methyl sites for hydroxylation is 1. The minimum atomic E-state index is 0.444. The molecule has 0 saturated carbocycles. The van der Waals surface area contributed by atoms with Gasteiger partial charge in [-0.3, -0.25) is 0 Å². The molecule has 0 unspecified atom stereocenters. The quantitative estimate of drug-likeness (QED) is 0.723. The van der Waals surface area contributed by atoms with Gasteiger partial charge in [-0.05, 0) is 13.8 Å². The molecular weight excluding hydrogens is 168 g/mol. The molecule has 5 heteroatoms. The van der Waals surface area contributed by atoms with E-state index in [1.54, 1.807) is 14.0 Å². The van der Waals surface area contributed by atoms with E-state index in [9.17, 15) is 0 Å². The summed E-state index contributed by atoms with van der Waals surface area (Å²) in [7, 11) is 1.76. The summed E-state index contributed by atoms with van der Waals surface area (Å²) in [6, 6.07) is 0. The van der Waals surface area contributed by atoms with Gasteiger partial charge in [-0.2, -0.15) is 4.98 Å². The molecule has 0 bridgehead atoms. The van der Waals surface area contributed by atoms with Crippen molar-refractivity contribution in [3.63, 3.8) is 0 Å². The Morgan fingerprint density at radius 3 is 2.69 bits per heavy atom. The maximum atomic E-state index is 5.74. The lowest BCUT2D eigenvalue weighted by molar-refractivity contribution is 0.327. The molecule has 3 N–H and O–H groups in total. The third-order valence-corrected chi connectivity index (χ3v) is 1.54. The van der Waals surface area contributed by atoms with Gasteiger partial charge in [0.15, 0.2) is 5.82 Å². The summed E-state index contributed by atoms with van der Waals surface area (Å²) < 4.78 is 5.24. The predicted octanol–water partition coefficient (Wildman–Crippen LogP) is 0.808. The van der Waals surface area contributed by atoms with E-state index in [1.807, 2.05) is 6.92 Å². The zero-order valence-corrected chi connectivity index (χ0v) is 8.09. The highest BCUT2D eigenvalue weighted by Crippen LogP contribution is 2.25.